The highest BCUT2D eigenvalue weighted by Crippen LogP contribution is 2.38. The van der Waals surface area contributed by atoms with Gasteiger partial charge in [0.15, 0.2) is 0 Å². The second kappa shape index (κ2) is 6.38. The third kappa shape index (κ3) is 3.95. The van der Waals surface area contributed by atoms with Crippen molar-refractivity contribution in [2.75, 3.05) is 13.1 Å². The van der Waals surface area contributed by atoms with Gasteiger partial charge in [-0.05, 0) is 44.9 Å². The van der Waals surface area contributed by atoms with E-state index in [1.54, 1.807) is 45.0 Å². The Labute approximate surface area is 141 Å². The number of amides is 1. The first-order valence-corrected chi connectivity index (χ1v) is 7.89. The third-order valence-corrected chi connectivity index (χ3v) is 4.15. The van der Waals surface area contributed by atoms with E-state index in [1.165, 1.54) is 4.90 Å². The van der Waals surface area contributed by atoms with Crippen molar-refractivity contribution in [2.45, 2.75) is 38.4 Å². The summed E-state index contributed by atoms with van der Waals surface area (Å²) in [5.41, 5.74) is -1.25. The summed E-state index contributed by atoms with van der Waals surface area (Å²) < 4.78 is 5.34. The summed E-state index contributed by atoms with van der Waals surface area (Å²) in [6, 6.07) is 8.93. The first kappa shape index (κ1) is 17.6. The molecule has 1 heterocycles. The molecule has 1 aliphatic heterocycles. The van der Waals surface area contributed by atoms with E-state index < -0.39 is 23.2 Å². The summed E-state index contributed by atoms with van der Waals surface area (Å²) in [6.07, 6.45) is -0.192. The first-order chi connectivity index (χ1) is 10.7. The largest absolute Gasteiger partial charge is 0.444 e. The Morgan fingerprint density at radius 3 is 2.57 bits per heavy atom. The molecule has 0 saturated carbocycles. The highest BCUT2D eigenvalue weighted by Gasteiger charge is 2.45. The van der Waals surface area contributed by atoms with E-state index in [9.17, 15) is 15.2 Å². The van der Waals surface area contributed by atoms with Gasteiger partial charge in [-0.1, -0.05) is 23.7 Å². The zero-order valence-corrected chi connectivity index (χ0v) is 14.3. The van der Waals surface area contributed by atoms with E-state index >= 15 is 0 Å². The number of carbonyl (C=O) groups is 1. The lowest BCUT2D eigenvalue weighted by Gasteiger charge is -2.42. The fraction of sp³-hybridized carbons (Fsp3) is 0.529. The van der Waals surface area contributed by atoms with Crippen LogP contribution in [0, 0.1) is 17.2 Å². The molecule has 124 valence electrons. The number of piperidine rings is 1. The van der Waals surface area contributed by atoms with Crippen LogP contribution in [0.3, 0.4) is 0 Å². The molecule has 23 heavy (non-hydrogen) atoms. The normalized spacial score (nSPS) is 24.9. The van der Waals surface area contributed by atoms with Gasteiger partial charge in [0.2, 0.25) is 0 Å². The number of halogens is 1. The Hall–Kier alpha value is -1.77. The van der Waals surface area contributed by atoms with Gasteiger partial charge in [0.1, 0.15) is 11.2 Å². The van der Waals surface area contributed by atoms with Crippen molar-refractivity contribution >= 4 is 17.7 Å². The van der Waals surface area contributed by atoms with Crippen molar-refractivity contribution in [1.29, 1.82) is 5.26 Å². The Balaban J connectivity index is 2.17. The SMILES string of the molecule is CC(C)(C)OC(=O)N1CC[C@](O)(c2ccc(Cl)cc2)[C@@H](C#N)C1. The number of carbonyl (C=O) groups excluding carboxylic acids is 1. The molecular formula is C17H21ClN2O3. The zero-order chi connectivity index (χ0) is 17.3. The van der Waals surface area contributed by atoms with E-state index in [4.69, 9.17) is 16.3 Å². The standard InChI is InChI=1S/C17H21ClN2O3/c1-16(2,3)23-15(21)20-9-8-17(22,13(10-19)11-20)12-4-6-14(18)7-5-12/h4-7,13,22H,8-9,11H2,1-3H3/t13-,17-/m0/s1. The van der Waals surface area contributed by atoms with E-state index in [2.05, 4.69) is 6.07 Å². The molecule has 6 heteroatoms. The van der Waals surface area contributed by atoms with Gasteiger partial charge in [-0.15, -0.1) is 0 Å². The number of ether oxygens (including phenoxy) is 1. The summed E-state index contributed by atoms with van der Waals surface area (Å²) in [7, 11) is 0. The Kier molecular flexibility index (Phi) is 4.88. The third-order valence-electron chi connectivity index (χ3n) is 3.89. The highest BCUT2D eigenvalue weighted by molar-refractivity contribution is 6.30. The summed E-state index contributed by atoms with van der Waals surface area (Å²) >= 11 is 5.88. The van der Waals surface area contributed by atoms with Crippen LogP contribution in [0.5, 0.6) is 0 Å². The Morgan fingerprint density at radius 1 is 1.43 bits per heavy atom. The molecule has 2 rings (SSSR count). The van der Waals surface area contributed by atoms with Gasteiger partial charge in [-0.3, -0.25) is 0 Å². The first-order valence-electron chi connectivity index (χ1n) is 7.52. The average molecular weight is 337 g/mol. The monoisotopic (exact) mass is 336 g/mol. The molecule has 0 radical (unpaired) electrons. The molecule has 0 aromatic heterocycles. The van der Waals surface area contributed by atoms with Gasteiger partial charge in [0, 0.05) is 18.1 Å². The predicted octanol–water partition coefficient (Wildman–Crippen LogP) is 3.31. The van der Waals surface area contributed by atoms with Crippen molar-refractivity contribution in [1.82, 2.24) is 4.90 Å². The number of nitrogens with zero attached hydrogens (tertiary/aromatic N) is 2. The van der Waals surface area contributed by atoms with Crippen molar-refractivity contribution in [3.8, 4) is 6.07 Å². The smallest absolute Gasteiger partial charge is 0.410 e. The van der Waals surface area contributed by atoms with Crippen molar-refractivity contribution in [3.63, 3.8) is 0 Å². The highest BCUT2D eigenvalue weighted by atomic mass is 35.5. The molecule has 0 bridgehead atoms. The van der Waals surface area contributed by atoms with E-state index in [0.29, 0.717) is 17.1 Å². The van der Waals surface area contributed by atoms with Gasteiger partial charge in [-0.25, -0.2) is 4.79 Å². The fourth-order valence-electron chi connectivity index (χ4n) is 2.67. The Bertz CT molecular complexity index is 618. The minimum atomic E-state index is -1.29. The lowest BCUT2D eigenvalue weighted by molar-refractivity contribution is -0.0611. The summed E-state index contributed by atoms with van der Waals surface area (Å²) in [4.78, 5) is 13.6. The fourth-order valence-corrected chi connectivity index (χ4v) is 2.79. The van der Waals surface area contributed by atoms with Crippen LogP contribution in [-0.4, -0.2) is 34.8 Å². The maximum Gasteiger partial charge on any atom is 0.410 e. The minimum absolute atomic E-state index is 0.130. The number of benzene rings is 1. The molecule has 0 spiro atoms. The predicted molar refractivity (Wildman–Crippen MR) is 86.9 cm³/mol. The number of nitriles is 1. The van der Waals surface area contributed by atoms with Crippen LogP contribution >= 0.6 is 11.6 Å². The van der Waals surface area contributed by atoms with Crippen molar-refractivity contribution in [3.05, 3.63) is 34.9 Å². The van der Waals surface area contributed by atoms with Crippen LogP contribution in [-0.2, 0) is 10.3 Å². The van der Waals surface area contributed by atoms with E-state index in [1.807, 2.05) is 0 Å². The van der Waals surface area contributed by atoms with Crippen molar-refractivity contribution < 1.29 is 14.6 Å². The lowest BCUT2D eigenvalue weighted by Crippen LogP contribution is -2.52. The molecule has 1 saturated heterocycles. The molecule has 1 amide bonds. The van der Waals surface area contributed by atoms with Gasteiger partial charge >= 0.3 is 6.09 Å². The summed E-state index contributed by atoms with van der Waals surface area (Å²) in [5, 5.41) is 21.0. The molecule has 1 N–H and O–H groups in total. The average Bonchev–Trinajstić information content (AvgIpc) is 2.46. The van der Waals surface area contributed by atoms with Gasteiger partial charge < -0.3 is 14.7 Å². The van der Waals surface area contributed by atoms with Gasteiger partial charge in [0.25, 0.3) is 0 Å². The number of hydrogen-bond acceptors (Lipinski definition) is 4. The van der Waals surface area contributed by atoms with Gasteiger partial charge in [0.05, 0.1) is 12.0 Å². The molecule has 1 aromatic carbocycles. The number of hydrogen-bond donors (Lipinski definition) is 1. The second-order valence-electron chi connectivity index (χ2n) is 6.79. The van der Waals surface area contributed by atoms with E-state index in [0.717, 1.165) is 0 Å². The molecule has 1 fully saturated rings. The zero-order valence-electron chi connectivity index (χ0n) is 13.5. The number of rotatable bonds is 1. The lowest BCUT2D eigenvalue weighted by atomic mass is 9.77. The van der Waals surface area contributed by atoms with Crippen LogP contribution in [0.25, 0.3) is 0 Å². The molecule has 2 atom stereocenters. The van der Waals surface area contributed by atoms with Crippen LogP contribution < -0.4 is 0 Å². The quantitative estimate of drug-likeness (QED) is 0.853. The second-order valence-corrected chi connectivity index (χ2v) is 7.23. The molecular weight excluding hydrogens is 316 g/mol. The molecule has 0 aliphatic carbocycles. The molecule has 1 aliphatic rings. The molecule has 5 nitrogen and oxygen atoms in total. The van der Waals surface area contributed by atoms with Crippen molar-refractivity contribution in [2.24, 2.45) is 5.92 Å². The summed E-state index contributed by atoms with van der Waals surface area (Å²) in [5.74, 6) is -0.732. The molecule has 1 aromatic rings. The Morgan fingerprint density at radius 2 is 2.04 bits per heavy atom. The maximum atomic E-state index is 12.2. The number of aliphatic hydroxyl groups is 1. The van der Waals surface area contributed by atoms with Crippen LogP contribution in [0.4, 0.5) is 4.79 Å². The van der Waals surface area contributed by atoms with Crippen LogP contribution in [0.2, 0.25) is 5.02 Å². The molecule has 0 unspecified atom stereocenters. The van der Waals surface area contributed by atoms with Gasteiger partial charge in [-0.2, -0.15) is 5.26 Å². The van der Waals surface area contributed by atoms with Crippen LogP contribution in [0.15, 0.2) is 24.3 Å². The topological polar surface area (TPSA) is 73.6 Å². The maximum absolute atomic E-state index is 12.2. The minimum Gasteiger partial charge on any atom is -0.444 e. The number of likely N-dealkylation sites (tertiary alicyclic amines) is 1. The van der Waals surface area contributed by atoms with Crippen LogP contribution in [0.1, 0.15) is 32.8 Å². The summed E-state index contributed by atoms with van der Waals surface area (Å²) in [6.45, 7) is 5.83. The van der Waals surface area contributed by atoms with E-state index in [-0.39, 0.29) is 13.0 Å².